The van der Waals surface area contributed by atoms with Gasteiger partial charge in [0, 0.05) is 0 Å². The lowest BCUT2D eigenvalue weighted by atomic mass is 9.91. The molecule has 0 aliphatic carbocycles. The Balaban J connectivity index is 1.45. The molecule has 3 rings (SSSR count). The molecule has 1 aromatic carbocycles. The quantitative estimate of drug-likeness (QED) is 0.808. The van der Waals surface area contributed by atoms with Crippen LogP contribution in [0.15, 0.2) is 18.2 Å². The van der Waals surface area contributed by atoms with E-state index in [4.69, 9.17) is 0 Å². The van der Waals surface area contributed by atoms with Gasteiger partial charge in [-0.3, -0.25) is 5.10 Å². The molecular formula is C19H29N3O. The summed E-state index contributed by atoms with van der Waals surface area (Å²) in [5.41, 5.74) is 1.92. The topological polar surface area (TPSA) is 52.2 Å². The van der Waals surface area contributed by atoms with E-state index in [1.165, 1.54) is 45.2 Å². The molecule has 4 nitrogen and oxygen atoms in total. The SMILES string of the molecule is CCCCC1CCN(CCCc2n[nH]c3cccc(O)c23)CC1. The third-order valence-corrected chi connectivity index (χ3v) is 5.20. The molecular weight excluding hydrogens is 286 g/mol. The highest BCUT2D eigenvalue weighted by atomic mass is 16.3. The minimum absolute atomic E-state index is 0.336. The first kappa shape index (κ1) is 16.3. The Bertz CT molecular complexity index is 614. The van der Waals surface area contributed by atoms with E-state index >= 15 is 0 Å². The summed E-state index contributed by atoms with van der Waals surface area (Å²) in [6.45, 7) is 5.93. The summed E-state index contributed by atoms with van der Waals surface area (Å²) >= 11 is 0. The first-order valence-corrected chi connectivity index (χ1v) is 9.15. The fraction of sp³-hybridized carbons (Fsp3) is 0.632. The van der Waals surface area contributed by atoms with E-state index in [1.54, 1.807) is 6.07 Å². The molecule has 1 saturated heterocycles. The number of H-pyrrole nitrogens is 1. The van der Waals surface area contributed by atoms with Gasteiger partial charge in [-0.15, -0.1) is 0 Å². The number of benzene rings is 1. The number of aromatic nitrogens is 2. The van der Waals surface area contributed by atoms with Crippen LogP contribution in [0.25, 0.3) is 10.9 Å². The fourth-order valence-electron chi connectivity index (χ4n) is 3.76. The van der Waals surface area contributed by atoms with Gasteiger partial charge in [0.15, 0.2) is 0 Å². The number of phenolic OH excluding ortho intramolecular Hbond substituents is 1. The second kappa shape index (κ2) is 7.82. The van der Waals surface area contributed by atoms with Crippen molar-refractivity contribution in [1.82, 2.24) is 15.1 Å². The number of hydrogen-bond acceptors (Lipinski definition) is 3. The third kappa shape index (κ3) is 4.05. The zero-order valence-electron chi connectivity index (χ0n) is 14.2. The van der Waals surface area contributed by atoms with Gasteiger partial charge in [0.05, 0.1) is 16.6 Å². The summed E-state index contributed by atoms with van der Waals surface area (Å²) in [5, 5.41) is 18.3. The molecule has 2 aromatic rings. The van der Waals surface area contributed by atoms with Gasteiger partial charge in [0.1, 0.15) is 5.75 Å². The van der Waals surface area contributed by atoms with Crippen LogP contribution in [-0.2, 0) is 6.42 Å². The maximum atomic E-state index is 10.0. The monoisotopic (exact) mass is 315 g/mol. The predicted octanol–water partition coefficient (Wildman–Crippen LogP) is 4.10. The van der Waals surface area contributed by atoms with Gasteiger partial charge in [-0.2, -0.15) is 5.10 Å². The lowest BCUT2D eigenvalue weighted by Crippen LogP contribution is -2.34. The summed E-state index contributed by atoms with van der Waals surface area (Å²) in [6.07, 6.45) is 8.90. The highest BCUT2D eigenvalue weighted by Crippen LogP contribution is 2.27. The first-order chi connectivity index (χ1) is 11.3. The number of rotatable bonds is 7. The van der Waals surface area contributed by atoms with Crippen LogP contribution in [0.3, 0.4) is 0 Å². The molecule has 0 saturated carbocycles. The second-order valence-corrected chi connectivity index (χ2v) is 6.90. The minimum Gasteiger partial charge on any atom is -0.507 e. The molecule has 126 valence electrons. The number of piperidine rings is 1. The maximum Gasteiger partial charge on any atom is 0.126 e. The molecule has 0 unspecified atom stereocenters. The summed E-state index contributed by atoms with van der Waals surface area (Å²) in [5.74, 6) is 1.29. The van der Waals surface area contributed by atoms with E-state index in [9.17, 15) is 5.11 Å². The van der Waals surface area contributed by atoms with Gasteiger partial charge in [0.2, 0.25) is 0 Å². The number of aromatic hydroxyl groups is 1. The zero-order chi connectivity index (χ0) is 16.1. The smallest absolute Gasteiger partial charge is 0.126 e. The molecule has 1 fully saturated rings. The number of unbranched alkanes of at least 4 members (excludes halogenated alkanes) is 1. The highest BCUT2D eigenvalue weighted by Gasteiger charge is 2.18. The molecule has 1 aromatic heterocycles. The summed E-state index contributed by atoms with van der Waals surface area (Å²) < 4.78 is 0. The Hall–Kier alpha value is -1.55. The number of fused-ring (bicyclic) bond motifs is 1. The van der Waals surface area contributed by atoms with E-state index in [0.717, 1.165) is 41.9 Å². The van der Waals surface area contributed by atoms with Crippen LogP contribution in [0.4, 0.5) is 0 Å². The molecule has 0 amide bonds. The summed E-state index contributed by atoms with van der Waals surface area (Å²) in [4.78, 5) is 2.59. The Labute approximate surface area is 138 Å². The van der Waals surface area contributed by atoms with E-state index in [2.05, 4.69) is 22.0 Å². The van der Waals surface area contributed by atoms with E-state index in [-0.39, 0.29) is 0 Å². The standard InChI is InChI=1S/C19H29N3O/c1-2-3-6-15-10-13-22(14-11-15)12-5-8-17-19-16(20-21-17)7-4-9-18(19)23/h4,7,9,15,23H,2-3,5-6,8,10-14H2,1H3,(H,20,21). The van der Waals surface area contributed by atoms with Crippen LogP contribution in [0, 0.1) is 5.92 Å². The van der Waals surface area contributed by atoms with Gasteiger partial charge in [0.25, 0.3) is 0 Å². The van der Waals surface area contributed by atoms with E-state index < -0.39 is 0 Å². The van der Waals surface area contributed by atoms with Crippen molar-refractivity contribution in [2.75, 3.05) is 19.6 Å². The van der Waals surface area contributed by atoms with Gasteiger partial charge in [-0.05, 0) is 63.4 Å². The molecule has 0 radical (unpaired) electrons. The van der Waals surface area contributed by atoms with Crippen molar-refractivity contribution in [3.8, 4) is 5.75 Å². The molecule has 0 bridgehead atoms. The average Bonchev–Trinajstić information content (AvgIpc) is 2.99. The number of nitrogens with zero attached hydrogens (tertiary/aromatic N) is 2. The van der Waals surface area contributed by atoms with Crippen molar-refractivity contribution in [3.05, 3.63) is 23.9 Å². The molecule has 2 heterocycles. The number of aryl methyl sites for hydroxylation is 1. The van der Waals surface area contributed by atoms with Crippen molar-refractivity contribution in [2.24, 2.45) is 5.92 Å². The second-order valence-electron chi connectivity index (χ2n) is 6.90. The Kier molecular flexibility index (Phi) is 5.55. The maximum absolute atomic E-state index is 10.0. The lowest BCUT2D eigenvalue weighted by Gasteiger charge is -2.31. The van der Waals surface area contributed by atoms with Crippen LogP contribution >= 0.6 is 0 Å². The van der Waals surface area contributed by atoms with Crippen LogP contribution in [-0.4, -0.2) is 39.8 Å². The first-order valence-electron chi connectivity index (χ1n) is 9.15. The number of aromatic amines is 1. The van der Waals surface area contributed by atoms with Crippen molar-refractivity contribution in [2.45, 2.75) is 51.9 Å². The van der Waals surface area contributed by atoms with Gasteiger partial charge < -0.3 is 10.0 Å². The third-order valence-electron chi connectivity index (χ3n) is 5.20. The van der Waals surface area contributed by atoms with Crippen molar-refractivity contribution >= 4 is 10.9 Å². The van der Waals surface area contributed by atoms with E-state index in [0.29, 0.717) is 5.75 Å². The Morgan fingerprint density at radius 2 is 2.09 bits per heavy atom. The normalized spacial score (nSPS) is 17.1. The fourth-order valence-corrected chi connectivity index (χ4v) is 3.76. The zero-order valence-corrected chi connectivity index (χ0v) is 14.2. The lowest BCUT2D eigenvalue weighted by molar-refractivity contribution is 0.176. The largest absolute Gasteiger partial charge is 0.507 e. The summed E-state index contributed by atoms with van der Waals surface area (Å²) in [6, 6.07) is 5.55. The number of likely N-dealkylation sites (tertiary alicyclic amines) is 1. The van der Waals surface area contributed by atoms with Crippen LogP contribution in [0.1, 0.15) is 51.1 Å². The molecule has 23 heavy (non-hydrogen) atoms. The molecule has 1 aliphatic rings. The summed E-state index contributed by atoms with van der Waals surface area (Å²) in [7, 11) is 0. The van der Waals surface area contributed by atoms with Gasteiger partial charge >= 0.3 is 0 Å². The van der Waals surface area contributed by atoms with Gasteiger partial charge in [-0.25, -0.2) is 0 Å². The predicted molar refractivity (Wildman–Crippen MR) is 94.8 cm³/mol. The van der Waals surface area contributed by atoms with Crippen LogP contribution < -0.4 is 0 Å². The van der Waals surface area contributed by atoms with Crippen molar-refractivity contribution in [3.63, 3.8) is 0 Å². The molecule has 0 atom stereocenters. The van der Waals surface area contributed by atoms with Crippen molar-refractivity contribution in [1.29, 1.82) is 0 Å². The van der Waals surface area contributed by atoms with Gasteiger partial charge in [-0.1, -0.05) is 32.3 Å². The molecule has 1 aliphatic heterocycles. The average molecular weight is 315 g/mol. The number of phenols is 1. The van der Waals surface area contributed by atoms with Crippen LogP contribution in [0.2, 0.25) is 0 Å². The minimum atomic E-state index is 0.336. The Morgan fingerprint density at radius 3 is 2.87 bits per heavy atom. The molecule has 4 heteroatoms. The molecule has 2 N–H and O–H groups in total. The highest BCUT2D eigenvalue weighted by molar-refractivity contribution is 5.87. The number of nitrogens with one attached hydrogen (secondary N) is 1. The number of hydrogen-bond donors (Lipinski definition) is 2. The van der Waals surface area contributed by atoms with Crippen molar-refractivity contribution < 1.29 is 5.11 Å². The van der Waals surface area contributed by atoms with E-state index in [1.807, 2.05) is 12.1 Å². The van der Waals surface area contributed by atoms with Crippen LogP contribution in [0.5, 0.6) is 5.75 Å². The molecule has 0 spiro atoms. The Morgan fingerprint density at radius 1 is 1.26 bits per heavy atom.